The molecule has 1 aromatic heterocycles. The van der Waals surface area contributed by atoms with Crippen LogP contribution >= 0.6 is 15.9 Å². The summed E-state index contributed by atoms with van der Waals surface area (Å²) in [6.45, 7) is 1.87. The number of amides is 1. The van der Waals surface area contributed by atoms with Gasteiger partial charge in [0.05, 0.1) is 11.4 Å². The second-order valence-electron chi connectivity index (χ2n) is 5.30. The summed E-state index contributed by atoms with van der Waals surface area (Å²) in [6, 6.07) is 19.2. The number of hydrogen-bond donors (Lipinski definition) is 2. The largest absolute Gasteiger partial charge is 0.354 e. The van der Waals surface area contributed by atoms with E-state index in [-0.39, 0.29) is 5.91 Å². The van der Waals surface area contributed by atoms with Crippen LogP contribution in [0.15, 0.2) is 71.3 Å². The number of benzene rings is 2. The van der Waals surface area contributed by atoms with Gasteiger partial charge in [-0.2, -0.15) is 0 Å². The molecule has 3 rings (SSSR count). The molecular formula is C19H16BrN3O. The SMILES string of the molecule is Cc1cccnc1C(=O)Nc1cc(Br)ccc1Nc1ccccc1. The van der Waals surface area contributed by atoms with Gasteiger partial charge in [0.25, 0.3) is 5.91 Å². The van der Waals surface area contributed by atoms with Gasteiger partial charge >= 0.3 is 0 Å². The molecule has 120 valence electrons. The van der Waals surface area contributed by atoms with Crippen molar-refractivity contribution in [3.05, 3.63) is 82.6 Å². The van der Waals surface area contributed by atoms with Crippen molar-refractivity contribution in [2.24, 2.45) is 0 Å². The number of nitrogens with zero attached hydrogens (tertiary/aromatic N) is 1. The fraction of sp³-hybridized carbons (Fsp3) is 0.0526. The molecule has 4 nitrogen and oxygen atoms in total. The molecule has 0 aliphatic heterocycles. The number of aryl methyl sites for hydroxylation is 1. The van der Waals surface area contributed by atoms with Crippen LogP contribution in [0.1, 0.15) is 16.1 Å². The topological polar surface area (TPSA) is 54.0 Å². The molecule has 0 radical (unpaired) electrons. The van der Waals surface area contributed by atoms with Gasteiger partial charge in [0.15, 0.2) is 0 Å². The molecule has 0 bridgehead atoms. The number of carbonyl (C=O) groups excluding carboxylic acids is 1. The Bertz CT molecular complexity index is 865. The fourth-order valence-electron chi connectivity index (χ4n) is 2.31. The van der Waals surface area contributed by atoms with Crippen molar-refractivity contribution in [3.63, 3.8) is 0 Å². The van der Waals surface area contributed by atoms with Crippen molar-refractivity contribution in [1.82, 2.24) is 4.98 Å². The first kappa shape index (κ1) is 16.2. The third-order valence-corrected chi connectivity index (χ3v) is 4.00. The summed E-state index contributed by atoms with van der Waals surface area (Å²) in [4.78, 5) is 16.7. The molecule has 0 aliphatic carbocycles. The predicted octanol–water partition coefficient (Wildman–Crippen LogP) is 5.15. The molecule has 0 fully saturated rings. The van der Waals surface area contributed by atoms with Gasteiger partial charge in [-0.15, -0.1) is 0 Å². The molecule has 0 saturated carbocycles. The first-order valence-corrected chi connectivity index (χ1v) is 8.27. The van der Waals surface area contributed by atoms with Gasteiger partial charge in [0.1, 0.15) is 5.69 Å². The monoisotopic (exact) mass is 381 g/mol. The molecule has 3 aromatic rings. The van der Waals surface area contributed by atoms with E-state index >= 15 is 0 Å². The lowest BCUT2D eigenvalue weighted by molar-refractivity contribution is 0.102. The molecule has 2 N–H and O–H groups in total. The molecule has 0 saturated heterocycles. The van der Waals surface area contributed by atoms with Crippen molar-refractivity contribution in [2.75, 3.05) is 10.6 Å². The Morgan fingerprint density at radius 1 is 1.00 bits per heavy atom. The Morgan fingerprint density at radius 3 is 2.54 bits per heavy atom. The quantitative estimate of drug-likeness (QED) is 0.656. The minimum Gasteiger partial charge on any atom is -0.354 e. The summed E-state index contributed by atoms with van der Waals surface area (Å²) in [7, 11) is 0. The minimum atomic E-state index is -0.234. The van der Waals surface area contributed by atoms with Crippen molar-refractivity contribution in [1.29, 1.82) is 0 Å². The van der Waals surface area contributed by atoms with Crippen molar-refractivity contribution in [2.45, 2.75) is 6.92 Å². The smallest absolute Gasteiger partial charge is 0.274 e. The summed E-state index contributed by atoms with van der Waals surface area (Å²) in [5.74, 6) is -0.234. The summed E-state index contributed by atoms with van der Waals surface area (Å²) >= 11 is 3.45. The Balaban J connectivity index is 1.88. The van der Waals surface area contributed by atoms with E-state index in [2.05, 4.69) is 31.5 Å². The van der Waals surface area contributed by atoms with Crippen LogP contribution in [0.5, 0.6) is 0 Å². The molecule has 5 heteroatoms. The summed E-state index contributed by atoms with van der Waals surface area (Å²) in [6.07, 6.45) is 1.62. The number of carbonyl (C=O) groups is 1. The Hall–Kier alpha value is -2.66. The normalized spacial score (nSPS) is 10.2. The number of hydrogen-bond acceptors (Lipinski definition) is 3. The van der Waals surface area contributed by atoms with E-state index in [1.54, 1.807) is 6.20 Å². The number of anilines is 3. The van der Waals surface area contributed by atoms with Gasteiger partial charge in [0, 0.05) is 16.4 Å². The lowest BCUT2D eigenvalue weighted by atomic mass is 10.2. The maximum Gasteiger partial charge on any atom is 0.274 e. The molecule has 2 aromatic carbocycles. The van der Waals surface area contributed by atoms with E-state index in [0.717, 1.165) is 21.4 Å². The van der Waals surface area contributed by atoms with Crippen LogP contribution in [0.25, 0.3) is 0 Å². The molecule has 0 aliphatic rings. The number of pyridine rings is 1. The van der Waals surface area contributed by atoms with Crippen LogP contribution in [0.4, 0.5) is 17.1 Å². The van der Waals surface area contributed by atoms with Gasteiger partial charge in [-0.25, -0.2) is 0 Å². The molecule has 0 unspecified atom stereocenters. The van der Waals surface area contributed by atoms with Gasteiger partial charge in [-0.05, 0) is 48.9 Å². The molecular weight excluding hydrogens is 366 g/mol. The zero-order valence-electron chi connectivity index (χ0n) is 13.1. The third kappa shape index (κ3) is 3.81. The average Bonchev–Trinajstić information content (AvgIpc) is 2.58. The molecule has 1 amide bonds. The lowest BCUT2D eigenvalue weighted by Gasteiger charge is -2.14. The Morgan fingerprint density at radius 2 is 1.79 bits per heavy atom. The van der Waals surface area contributed by atoms with Crippen molar-refractivity contribution < 1.29 is 4.79 Å². The van der Waals surface area contributed by atoms with Crippen LogP contribution in [-0.2, 0) is 0 Å². The Kier molecular flexibility index (Phi) is 4.91. The van der Waals surface area contributed by atoms with Crippen LogP contribution < -0.4 is 10.6 Å². The van der Waals surface area contributed by atoms with Gasteiger partial charge in [-0.1, -0.05) is 40.2 Å². The van der Waals surface area contributed by atoms with E-state index in [4.69, 9.17) is 0 Å². The second-order valence-corrected chi connectivity index (χ2v) is 6.22. The van der Waals surface area contributed by atoms with Crippen molar-refractivity contribution >= 4 is 38.9 Å². The van der Waals surface area contributed by atoms with Crippen molar-refractivity contribution in [3.8, 4) is 0 Å². The number of aromatic nitrogens is 1. The number of nitrogens with one attached hydrogen (secondary N) is 2. The first-order chi connectivity index (χ1) is 11.6. The highest BCUT2D eigenvalue weighted by Gasteiger charge is 2.13. The van der Waals surface area contributed by atoms with Gasteiger partial charge in [-0.3, -0.25) is 9.78 Å². The zero-order valence-corrected chi connectivity index (χ0v) is 14.7. The van der Waals surface area contributed by atoms with Crippen LogP contribution in [-0.4, -0.2) is 10.9 Å². The third-order valence-electron chi connectivity index (χ3n) is 3.51. The van der Waals surface area contributed by atoms with E-state index in [0.29, 0.717) is 11.4 Å². The highest BCUT2D eigenvalue weighted by molar-refractivity contribution is 9.10. The van der Waals surface area contributed by atoms with Crippen LogP contribution in [0.2, 0.25) is 0 Å². The summed E-state index contributed by atoms with van der Waals surface area (Å²) in [5.41, 5.74) is 3.70. The van der Waals surface area contributed by atoms with Crippen LogP contribution in [0, 0.1) is 6.92 Å². The predicted molar refractivity (Wildman–Crippen MR) is 101 cm³/mol. The maximum absolute atomic E-state index is 12.5. The van der Waals surface area contributed by atoms with E-state index in [1.165, 1.54) is 0 Å². The molecule has 24 heavy (non-hydrogen) atoms. The van der Waals surface area contributed by atoms with Gasteiger partial charge in [0.2, 0.25) is 0 Å². The first-order valence-electron chi connectivity index (χ1n) is 7.48. The average molecular weight is 382 g/mol. The highest BCUT2D eigenvalue weighted by Crippen LogP contribution is 2.29. The lowest BCUT2D eigenvalue weighted by Crippen LogP contribution is -2.16. The number of halogens is 1. The molecule has 0 atom stereocenters. The fourth-order valence-corrected chi connectivity index (χ4v) is 2.67. The number of rotatable bonds is 4. The number of para-hydroxylation sites is 1. The Labute approximate surface area is 149 Å². The maximum atomic E-state index is 12.5. The van der Waals surface area contributed by atoms with E-state index < -0.39 is 0 Å². The summed E-state index contributed by atoms with van der Waals surface area (Å²) < 4.78 is 0.883. The highest BCUT2D eigenvalue weighted by atomic mass is 79.9. The second kappa shape index (κ2) is 7.27. The van der Waals surface area contributed by atoms with Crippen LogP contribution in [0.3, 0.4) is 0 Å². The standard InChI is InChI=1S/C19H16BrN3O/c1-13-6-5-11-21-18(13)19(24)23-17-12-14(20)9-10-16(17)22-15-7-3-2-4-8-15/h2-12,22H,1H3,(H,23,24). The minimum absolute atomic E-state index is 0.234. The van der Waals surface area contributed by atoms with E-state index in [1.807, 2.05) is 67.6 Å². The van der Waals surface area contributed by atoms with Gasteiger partial charge < -0.3 is 10.6 Å². The van der Waals surface area contributed by atoms with E-state index in [9.17, 15) is 4.79 Å². The molecule has 1 heterocycles. The zero-order chi connectivity index (χ0) is 16.9. The summed E-state index contributed by atoms with van der Waals surface area (Å²) in [5, 5.41) is 6.25. The molecule has 0 spiro atoms.